The Bertz CT molecular complexity index is 1360. The number of benzene rings is 1. The molecule has 2 aliphatic heterocycles. The fourth-order valence-corrected chi connectivity index (χ4v) is 7.13. The summed E-state index contributed by atoms with van der Waals surface area (Å²) >= 11 is 0. The number of likely N-dealkylation sites (tertiary alicyclic amines) is 2. The highest BCUT2D eigenvalue weighted by Gasteiger charge is 2.41. The van der Waals surface area contributed by atoms with Gasteiger partial charge in [0.05, 0.1) is 24.6 Å². The zero-order chi connectivity index (χ0) is 36.5. The lowest BCUT2D eigenvalue weighted by Crippen LogP contribution is -2.60. The lowest BCUT2D eigenvalue weighted by atomic mass is 9.84. The summed E-state index contributed by atoms with van der Waals surface area (Å²) in [6.07, 6.45) is 6.13. The van der Waals surface area contributed by atoms with Crippen molar-refractivity contribution in [2.45, 2.75) is 131 Å². The van der Waals surface area contributed by atoms with Crippen LogP contribution in [-0.2, 0) is 25.7 Å². The number of nitrogens with zero attached hydrogens (tertiary/aromatic N) is 5. The number of carbonyl (C=O) groups is 4. The van der Waals surface area contributed by atoms with Crippen LogP contribution < -0.4 is 5.32 Å². The number of rotatable bonds is 13. The van der Waals surface area contributed by atoms with Gasteiger partial charge < -0.3 is 20.0 Å². The molecule has 2 aliphatic rings. The maximum Gasteiger partial charge on any atom is 0.249 e. The Morgan fingerprint density at radius 1 is 1.00 bits per heavy atom. The fraction of sp³-hybridized carbons (Fsp3) is 0.667. The van der Waals surface area contributed by atoms with Gasteiger partial charge >= 0.3 is 0 Å². The molecule has 10 nitrogen and oxygen atoms in total. The molecule has 0 saturated carbocycles. The van der Waals surface area contributed by atoms with Crippen molar-refractivity contribution in [1.82, 2.24) is 24.9 Å². The van der Waals surface area contributed by atoms with Crippen molar-refractivity contribution in [1.29, 1.82) is 5.26 Å². The molecule has 1 aromatic carbocycles. The second kappa shape index (κ2) is 17.8. The molecule has 2 saturated heterocycles. The van der Waals surface area contributed by atoms with Gasteiger partial charge in [-0.2, -0.15) is 5.26 Å². The molecule has 4 atom stereocenters. The number of likely N-dealkylation sites (N-methyl/N-ethyl adjacent to an activating group) is 1. The van der Waals surface area contributed by atoms with E-state index in [0.29, 0.717) is 38.0 Å². The monoisotopic (exact) mass is 676 g/mol. The molecule has 2 fully saturated rings. The lowest BCUT2D eigenvalue weighted by Gasteiger charge is -2.41. The van der Waals surface area contributed by atoms with Gasteiger partial charge in [-0.15, -0.1) is 0 Å². The molecule has 0 spiro atoms. The zero-order valence-electron chi connectivity index (χ0n) is 31.4. The summed E-state index contributed by atoms with van der Waals surface area (Å²) in [5.41, 5.74) is 0.888. The minimum atomic E-state index is -0.754. The van der Waals surface area contributed by atoms with Crippen LogP contribution in [0.15, 0.2) is 42.0 Å². The highest BCUT2D eigenvalue weighted by Crippen LogP contribution is 2.27. The summed E-state index contributed by atoms with van der Waals surface area (Å²) in [7, 11) is 1.74. The standard InChI is InChI=1S/C39H60N6O4/c1-27(2)33(42(9)38(49)34(39(6,7)8)41-35(46)31-19-13-14-23-44(31)28(3)4)25-29(5)36(47)45-24-15-20-32(45)37(48)43(22-16-21-40)26-30-17-11-10-12-18-30/h10-12,17-18,25,27-28,31-34H,13-16,19-20,22-24,26H2,1-9H3,(H,41,46)/b29-25+/t31-,32?,33-,34?/m1/s1. The summed E-state index contributed by atoms with van der Waals surface area (Å²) in [5.74, 6) is -0.714. The second-order valence-corrected chi connectivity index (χ2v) is 15.5. The van der Waals surface area contributed by atoms with E-state index in [-0.39, 0.29) is 48.1 Å². The maximum absolute atomic E-state index is 14.2. The Balaban J connectivity index is 1.81. The Morgan fingerprint density at radius 2 is 1.65 bits per heavy atom. The molecular weight excluding hydrogens is 616 g/mol. The number of carbonyl (C=O) groups excluding carboxylic acids is 4. The van der Waals surface area contributed by atoms with Crippen LogP contribution >= 0.6 is 0 Å². The van der Waals surface area contributed by atoms with E-state index in [1.54, 1.807) is 28.7 Å². The van der Waals surface area contributed by atoms with Gasteiger partial charge in [-0.3, -0.25) is 24.1 Å². The fourth-order valence-electron chi connectivity index (χ4n) is 7.13. The van der Waals surface area contributed by atoms with E-state index in [2.05, 4.69) is 30.1 Å². The average molecular weight is 677 g/mol. The second-order valence-electron chi connectivity index (χ2n) is 15.5. The Morgan fingerprint density at radius 3 is 2.24 bits per heavy atom. The first kappa shape index (κ1) is 39.7. The van der Waals surface area contributed by atoms with Gasteiger partial charge in [-0.1, -0.05) is 77.4 Å². The smallest absolute Gasteiger partial charge is 0.249 e. The van der Waals surface area contributed by atoms with Crippen LogP contribution in [0.25, 0.3) is 0 Å². The van der Waals surface area contributed by atoms with Crippen molar-refractivity contribution in [3.63, 3.8) is 0 Å². The Labute approximate surface area is 294 Å². The van der Waals surface area contributed by atoms with E-state index in [0.717, 1.165) is 31.4 Å². The summed E-state index contributed by atoms with van der Waals surface area (Å²) in [5, 5.41) is 12.4. The van der Waals surface area contributed by atoms with Crippen LogP contribution in [-0.4, -0.2) is 100 Å². The first-order valence-corrected chi connectivity index (χ1v) is 18.1. The van der Waals surface area contributed by atoms with Crippen LogP contribution in [0.1, 0.15) is 99.5 Å². The normalized spacial score (nSPS) is 20.1. The van der Waals surface area contributed by atoms with Crippen molar-refractivity contribution in [3.05, 3.63) is 47.5 Å². The third-order valence-electron chi connectivity index (χ3n) is 9.97. The lowest BCUT2D eigenvalue weighted by molar-refractivity contribution is -0.142. The topological polar surface area (TPSA) is 117 Å². The van der Waals surface area contributed by atoms with Crippen LogP contribution in [0.5, 0.6) is 0 Å². The van der Waals surface area contributed by atoms with E-state index in [9.17, 15) is 24.4 Å². The molecule has 2 unspecified atom stereocenters. The molecule has 0 radical (unpaired) electrons. The highest BCUT2D eigenvalue weighted by atomic mass is 16.2. The van der Waals surface area contributed by atoms with E-state index < -0.39 is 23.5 Å². The van der Waals surface area contributed by atoms with Crippen molar-refractivity contribution >= 4 is 23.6 Å². The predicted molar refractivity (Wildman–Crippen MR) is 193 cm³/mol. The quantitative estimate of drug-likeness (QED) is 0.289. The van der Waals surface area contributed by atoms with Crippen LogP contribution in [0, 0.1) is 22.7 Å². The summed E-state index contributed by atoms with van der Waals surface area (Å²) in [4.78, 5) is 63.0. The largest absolute Gasteiger partial charge is 0.342 e. The molecule has 49 heavy (non-hydrogen) atoms. The minimum absolute atomic E-state index is 0.0221. The van der Waals surface area contributed by atoms with Crippen molar-refractivity contribution in [3.8, 4) is 6.07 Å². The number of piperidine rings is 1. The molecule has 0 bridgehead atoms. The number of hydrogen-bond acceptors (Lipinski definition) is 6. The van der Waals surface area contributed by atoms with Crippen LogP contribution in [0.3, 0.4) is 0 Å². The minimum Gasteiger partial charge on any atom is -0.342 e. The molecule has 270 valence electrons. The number of amides is 4. The van der Waals surface area contributed by atoms with Crippen molar-refractivity contribution in [2.24, 2.45) is 11.3 Å². The van der Waals surface area contributed by atoms with E-state index in [1.807, 2.05) is 71.0 Å². The van der Waals surface area contributed by atoms with Gasteiger partial charge in [0.2, 0.25) is 23.6 Å². The zero-order valence-corrected chi connectivity index (χ0v) is 31.4. The van der Waals surface area contributed by atoms with Gasteiger partial charge in [-0.25, -0.2) is 0 Å². The van der Waals surface area contributed by atoms with Gasteiger partial charge in [-0.05, 0) is 69.9 Å². The SMILES string of the molecule is C/C(=C\[C@H](C(C)C)N(C)C(=O)C(NC(=O)[C@H]1CCCCN1C(C)C)C(C)(C)C)C(=O)N1CCCC1C(=O)N(CCC#N)Cc1ccccc1. The third kappa shape index (κ3) is 10.4. The Kier molecular flexibility index (Phi) is 14.4. The molecule has 1 aromatic rings. The number of nitriles is 1. The summed E-state index contributed by atoms with van der Waals surface area (Å²) in [6.45, 7) is 17.8. The van der Waals surface area contributed by atoms with Crippen LogP contribution in [0.4, 0.5) is 0 Å². The number of hydrogen-bond donors (Lipinski definition) is 1. The maximum atomic E-state index is 14.2. The summed E-state index contributed by atoms with van der Waals surface area (Å²) in [6, 6.07) is 9.99. The molecule has 4 amide bonds. The third-order valence-corrected chi connectivity index (χ3v) is 9.97. The van der Waals surface area contributed by atoms with E-state index >= 15 is 0 Å². The molecule has 3 rings (SSSR count). The molecule has 2 heterocycles. The highest BCUT2D eigenvalue weighted by molar-refractivity contribution is 5.97. The van der Waals surface area contributed by atoms with Crippen LogP contribution in [0.2, 0.25) is 0 Å². The molecular formula is C39H60N6O4. The van der Waals surface area contributed by atoms with E-state index in [4.69, 9.17) is 0 Å². The predicted octanol–water partition coefficient (Wildman–Crippen LogP) is 5.14. The van der Waals surface area contributed by atoms with Crippen molar-refractivity contribution < 1.29 is 19.2 Å². The molecule has 1 N–H and O–H groups in total. The van der Waals surface area contributed by atoms with Gasteiger partial charge in [0.1, 0.15) is 12.1 Å². The molecule has 0 aromatic heterocycles. The molecule has 0 aliphatic carbocycles. The average Bonchev–Trinajstić information content (AvgIpc) is 3.56. The van der Waals surface area contributed by atoms with Crippen molar-refractivity contribution in [2.75, 3.05) is 26.7 Å². The summed E-state index contributed by atoms with van der Waals surface area (Å²) < 4.78 is 0. The number of nitrogens with one attached hydrogen (secondary N) is 1. The first-order valence-electron chi connectivity index (χ1n) is 18.1. The van der Waals surface area contributed by atoms with Gasteiger partial charge in [0.25, 0.3) is 0 Å². The first-order chi connectivity index (χ1) is 23.1. The Hall–Kier alpha value is -3.71. The van der Waals surface area contributed by atoms with E-state index in [1.165, 1.54) is 0 Å². The van der Waals surface area contributed by atoms with Gasteiger partial charge in [0.15, 0.2) is 0 Å². The van der Waals surface area contributed by atoms with Gasteiger partial charge in [0, 0.05) is 38.3 Å². The molecule has 10 heteroatoms.